The lowest BCUT2D eigenvalue weighted by atomic mass is 10.00. The van der Waals surface area contributed by atoms with E-state index in [0.29, 0.717) is 5.25 Å². The molecule has 4 rings (SSSR count). The van der Waals surface area contributed by atoms with Gasteiger partial charge in [-0.05, 0) is 37.3 Å². The molecule has 0 aromatic carbocycles. The van der Waals surface area contributed by atoms with E-state index in [1.54, 1.807) is 6.33 Å². The van der Waals surface area contributed by atoms with Crippen molar-refractivity contribution in [2.75, 3.05) is 18.1 Å². The van der Waals surface area contributed by atoms with Crippen molar-refractivity contribution in [3.05, 3.63) is 66.6 Å². The first-order chi connectivity index (χ1) is 14.2. The molecule has 0 aliphatic carbocycles. The van der Waals surface area contributed by atoms with E-state index in [0.717, 1.165) is 40.5 Å². The Hall–Kier alpha value is -3.00. The number of aryl methyl sites for hydroxylation is 1. The van der Waals surface area contributed by atoms with Crippen molar-refractivity contribution in [2.45, 2.75) is 25.0 Å². The molecule has 0 aliphatic heterocycles. The third-order valence-electron chi connectivity index (χ3n) is 5.02. The zero-order valence-corrected chi connectivity index (χ0v) is 17.5. The van der Waals surface area contributed by atoms with Crippen LogP contribution in [0.3, 0.4) is 0 Å². The highest BCUT2D eigenvalue weighted by Gasteiger charge is 2.22. The van der Waals surface area contributed by atoms with E-state index in [2.05, 4.69) is 43.5 Å². The van der Waals surface area contributed by atoms with Crippen LogP contribution in [0.25, 0.3) is 16.9 Å². The van der Waals surface area contributed by atoms with Crippen LogP contribution in [0.4, 0.5) is 5.82 Å². The normalized spacial score (nSPS) is 13.3. The second-order valence-corrected chi connectivity index (χ2v) is 7.99. The van der Waals surface area contributed by atoms with Crippen molar-refractivity contribution in [3.8, 4) is 11.3 Å². The standard InChI is InChI=1S/C21H23N7S/c1-14-5-6-16(10-23-14)18-9-20(26-13-25-18)24-12-19(29-3)15(2)17-11-27-28-8-4-7-22-21(17)28/h4-11,13,15,19H,12H2,1-3H3,(H,24,25,26). The summed E-state index contributed by atoms with van der Waals surface area (Å²) in [5.74, 6) is 1.09. The summed E-state index contributed by atoms with van der Waals surface area (Å²) in [6.45, 7) is 4.97. The molecule has 0 aliphatic rings. The van der Waals surface area contributed by atoms with Crippen molar-refractivity contribution in [1.29, 1.82) is 0 Å². The Kier molecular flexibility index (Phi) is 5.71. The first-order valence-electron chi connectivity index (χ1n) is 9.45. The van der Waals surface area contributed by atoms with Gasteiger partial charge in [-0.3, -0.25) is 4.98 Å². The van der Waals surface area contributed by atoms with Gasteiger partial charge in [0.25, 0.3) is 0 Å². The Bertz CT molecular complexity index is 1090. The topological polar surface area (TPSA) is 80.9 Å². The van der Waals surface area contributed by atoms with Crippen molar-refractivity contribution in [1.82, 2.24) is 29.5 Å². The maximum absolute atomic E-state index is 4.49. The third kappa shape index (κ3) is 4.22. The molecule has 0 saturated heterocycles. The summed E-state index contributed by atoms with van der Waals surface area (Å²) >= 11 is 1.83. The summed E-state index contributed by atoms with van der Waals surface area (Å²) < 4.78 is 1.82. The molecule has 148 valence electrons. The minimum Gasteiger partial charge on any atom is -0.369 e. The highest BCUT2D eigenvalue weighted by Crippen LogP contribution is 2.29. The SMILES string of the molecule is CSC(CNc1cc(-c2ccc(C)nc2)ncn1)C(C)c1cnn2cccnc12. The zero-order chi connectivity index (χ0) is 20.2. The summed E-state index contributed by atoms with van der Waals surface area (Å²) in [7, 11) is 0. The summed E-state index contributed by atoms with van der Waals surface area (Å²) in [6.07, 6.45) is 11.2. The van der Waals surface area contributed by atoms with E-state index in [1.807, 2.05) is 72.3 Å². The number of nitrogens with zero attached hydrogens (tertiary/aromatic N) is 6. The van der Waals surface area contributed by atoms with Crippen LogP contribution in [0.2, 0.25) is 0 Å². The predicted octanol–water partition coefficient (Wildman–Crippen LogP) is 3.84. The Morgan fingerprint density at radius 2 is 2.03 bits per heavy atom. The molecule has 4 heterocycles. The molecule has 4 aromatic rings. The Balaban J connectivity index is 1.48. The fourth-order valence-electron chi connectivity index (χ4n) is 3.27. The van der Waals surface area contributed by atoms with Crippen molar-refractivity contribution in [2.24, 2.45) is 0 Å². The molecule has 0 radical (unpaired) electrons. The molecule has 0 saturated carbocycles. The van der Waals surface area contributed by atoms with Crippen molar-refractivity contribution >= 4 is 23.2 Å². The van der Waals surface area contributed by atoms with E-state index < -0.39 is 0 Å². The fourth-order valence-corrected chi connectivity index (χ4v) is 4.07. The van der Waals surface area contributed by atoms with Gasteiger partial charge >= 0.3 is 0 Å². The predicted molar refractivity (Wildman–Crippen MR) is 117 cm³/mol. The van der Waals surface area contributed by atoms with Crippen LogP contribution in [-0.4, -0.2) is 47.6 Å². The monoisotopic (exact) mass is 405 g/mol. The number of fused-ring (bicyclic) bond motifs is 1. The molecule has 1 N–H and O–H groups in total. The minimum absolute atomic E-state index is 0.285. The Morgan fingerprint density at radius 3 is 2.83 bits per heavy atom. The van der Waals surface area contributed by atoms with Crippen LogP contribution in [0, 0.1) is 6.92 Å². The molecule has 29 heavy (non-hydrogen) atoms. The number of rotatable bonds is 7. The average molecular weight is 406 g/mol. The van der Waals surface area contributed by atoms with Gasteiger partial charge in [0, 0.05) is 53.3 Å². The largest absolute Gasteiger partial charge is 0.369 e. The number of thioether (sulfide) groups is 1. The quantitative estimate of drug-likeness (QED) is 0.500. The van der Waals surface area contributed by atoms with Crippen LogP contribution in [0.1, 0.15) is 24.1 Å². The first-order valence-corrected chi connectivity index (χ1v) is 10.7. The number of anilines is 1. The number of hydrogen-bond acceptors (Lipinski definition) is 7. The maximum Gasteiger partial charge on any atom is 0.158 e. The van der Waals surface area contributed by atoms with Crippen LogP contribution < -0.4 is 5.32 Å². The molecule has 0 fully saturated rings. The van der Waals surface area contributed by atoms with Crippen LogP contribution in [-0.2, 0) is 0 Å². The molecule has 0 spiro atoms. The molecule has 0 bridgehead atoms. The van der Waals surface area contributed by atoms with Gasteiger partial charge in [0.05, 0.1) is 11.9 Å². The molecule has 0 amide bonds. The summed E-state index contributed by atoms with van der Waals surface area (Å²) in [4.78, 5) is 17.6. The van der Waals surface area contributed by atoms with Crippen LogP contribution in [0.15, 0.2) is 55.4 Å². The van der Waals surface area contributed by atoms with Crippen molar-refractivity contribution < 1.29 is 0 Å². The highest BCUT2D eigenvalue weighted by molar-refractivity contribution is 7.99. The van der Waals surface area contributed by atoms with E-state index in [9.17, 15) is 0 Å². The van der Waals surface area contributed by atoms with Gasteiger partial charge in [-0.15, -0.1) is 0 Å². The molecule has 8 heteroatoms. The smallest absolute Gasteiger partial charge is 0.158 e. The Labute approximate surface area is 174 Å². The molecule has 2 unspecified atom stereocenters. The number of pyridine rings is 1. The lowest BCUT2D eigenvalue weighted by Crippen LogP contribution is -2.23. The van der Waals surface area contributed by atoms with E-state index in [1.165, 1.54) is 0 Å². The maximum atomic E-state index is 4.49. The molecule has 2 atom stereocenters. The van der Waals surface area contributed by atoms with Crippen LogP contribution in [0.5, 0.6) is 0 Å². The van der Waals surface area contributed by atoms with Crippen molar-refractivity contribution in [3.63, 3.8) is 0 Å². The summed E-state index contributed by atoms with van der Waals surface area (Å²) in [5.41, 5.74) is 4.89. The zero-order valence-electron chi connectivity index (χ0n) is 16.6. The average Bonchev–Trinajstić information content (AvgIpc) is 3.19. The van der Waals surface area contributed by atoms with Gasteiger partial charge in [-0.2, -0.15) is 16.9 Å². The summed E-state index contributed by atoms with van der Waals surface area (Å²) in [6, 6.07) is 7.86. The minimum atomic E-state index is 0.285. The van der Waals surface area contributed by atoms with Gasteiger partial charge in [0.1, 0.15) is 12.1 Å². The fraction of sp³-hybridized carbons (Fsp3) is 0.286. The molecule has 4 aromatic heterocycles. The van der Waals surface area contributed by atoms with Gasteiger partial charge in [0.15, 0.2) is 5.65 Å². The number of aromatic nitrogens is 6. The molecular weight excluding hydrogens is 382 g/mol. The number of hydrogen-bond donors (Lipinski definition) is 1. The Morgan fingerprint density at radius 1 is 1.14 bits per heavy atom. The lowest BCUT2D eigenvalue weighted by molar-refractivity contribution is 0.727. The van der Waals surface area contributed by atoms with E-state index >= 15 is 0 Å². The molecular formula is C21H23N7S. The second-order valence-electron chi connectivity index (χ2n) is 6.91. The van der Waals surface area contributed by atoms with Crippen LogP contribution >= 0.6 is 11.8 Å². The summed E-state index contributed by atoms with van der Waals surface area (Å²) in [5, 5.41) is 8.23. The first kappa shape index (κ1) is 19.3. The highest BCUT2D eigenvalue weighted by atomic mass is 32.2. The van der Waals surface area contributed by atoms with Gasteiger partial charge in [-0.1, -0.05) is 6.92 Å². The van der Waals surface area contributed by atoms with Gasteiger partial charge in [-0.25, -0.2) is 19.5 Å². The van der Waals surface area contributed by atoms with E-state index in [4.69, 9.17) is 0 Å². The van der Waals surface area contributed by atoms with Gasteiger partial charge < -0.3 is 5.32 Å². The van der Waals surface area contributed by atoms with Gasteiger partial charge in [0.2, 0.25) is 0 Å². The lowest BCUT2D eigenvalue weighted by Gasteiger charge is -2.22. The number of nitrogens with one attached hydrogen (secondary N) is 1. The second kappa shape index (κ2) is 8.57. The molecule has 7 nitrogen and oxygen atoms in total. The van der Waals surface area contributed by atoms with E-state index in [-0.39, 0.29) is 5.92 Å². The third-order valence-corrected chi connectivity index (χ3v) is 6.20.